The average Bonchev–Trinajstić information content (AvgIpc) is 2.90. The summed E-state index contributed by atoms with van der Waals surface area (Å²) >= 11 is 0. The highest BCUT2D eigenvalue weighted by Crippen LogP contribution is 2.29. The zero-order valence-corrected chi connectivity index (χ0v) is 15.8. The lowest BCUT2D eigenvalue weighted by Crippen LogP contribution is -2.45. The number of carbonyl (C=O) groups is 1. The molecule has 0 bridgehead atoms. The monoisotopic (exact) mass is 361 g/mol. The first-order valence-corrected chi connectivity index (χ1v) is 7.68. The van der Waals surface area contributed by atoms with Gasteiger partial charge in [0.25, 0.3) is 0 Å². The van der Waals surface area contributed by atoms with Crippen molar-refractivity contribution >= 4 is 30.7 Å². The zero-order valence-electron chi connectivity index (χ0n) is 14.2. The van der Waals surface area contributed by atoms with Crippen molar-refractivity contribution in [2.75, 3.05) is 26.7 Å². The van der Waals surface area contributed by atoms with Gasteiger partial charge in [-0.05, 0) is 37.9 Å². The Morgan fingerprint density at radius 2 is 1.96 bits per heavy atom. The standard InChI is InChI=1S/C17H27N3O.2ClH/c1-14(19(3)11-15-7-5-4-6-8-15)16(21)20-10-9-17(2,12-18)13-20;;/h4-8,14H,9-13,18H2,1-3H3;2*1H. The molecule has 1 aliphatic rings. The fourth-order valence-corrected chi connectivity index (χ4v) is 2.84. The fourth-order valence-electron chi connectivity index (χ4n) is 2.84. The molecule has 2 rings (SSSR count). The summed E-state index contributed by atoms with van der Waals surface area (Å²) < 4.78 is 0. The van der Waals surface area contributed by atoms with Crippen LogP contribution < -0.4 is 5.73 Å². The molecule has 2 unspecified atom stereocenters. The van der Waals surface area contributed by atoms with E-state index in [1.807, 2.05) is 37.1 Å². The molecule has 6 heteroatoms. The molecule has 1 heterocycles. The van der Waals surface area contributed by atoms with Gasteiger partial charge in [-0.3, -0.25) is 9.69 Å². The minimum atomic E-state index is -0.106. The van der Waals surface area contributed by atoms with Crippen LogP contribution in [-0.2, 0) is 11.3 Å². The van der Waals surface area contributed by atoms with Gasteiger partial charge in [-0.15, -0.1) is 24.8 Å². The van der Waals surface area contributed by atoms with Crippen molar-refractivity contribution in [1.82, 2.24) is 9.80 Å². The number of benzene rings is 1. The number of nitrogens with zero attached hydrogens (tertiary/aromatic N) is 2. The maximum Gasteiger partial charge on any atom is 0.239 e. The molecule has 0 spiro atoms. The number of rotatable bonds is 5. The van der Waals surface area contributed by atoms with E-state index in [0.29, 0.717) is 6.54 Å². The van der Waals surface area contributed by atoms with E-state index in [0.717, 1.165) is 26.1 Å². The van der Waals surface area contributed by atoms with E-state index >= 15 is 0 Å². The quantitative estimate of drug-likeness (QED) is 0.876. The molecule has 1 aromatic rings. The highest BCUT2D eigenvalue weighted by Gasteiger charge is 2.36. The van der Waals surface area contributed by atoms with Crippen LogP contribution in [0.2, 0.25) is 0 Å². The molecule has 4 nitrogen and oxygen atoms in total. The minimum absolute atomic E-state index is 0. The predicted octanol–water partition coefficient (Wildman–Crippen LogP) is 2.55. The maximum atomic E-state index is 12.6. The number of likely N-dealkylation sites (N-methyl/N-ethyl adjacent to an activating group) is 1. The number of nitrogens with two attached hydrogens (primary N) is 1. The average molecular weight is 362 g/mol. The smallest absolute Gasteiger partial charge is 0.239 e. The molecule has 1 aliphatic heterocycles. The van der Waals surface area contributed by atoms with Crippen molar-refractivity contribution in [3.8, 4) is 0 Å². The molecule has 1 aromatic carbocycles. The number of halogens is 2. The lowest BCUT2D eigenvalue weighted by atomic mass is 9.90. The van der Waals surface area contributed by atoms with Crippen LogP contribution in [0.1, 0.15) is 25.8 Å². The van der Waals surface area contributed by atoms with Gasteiger partial charge in [-0.2, -0.15) is 0 Å². The summed E-state index contributed by atoms with van der Waals surface area (Å²) in [5.41, 5.74) is 7.14. The van der Waals surface area contributed by atoms with Crippen LogP contribution in [0.3, 0.4) is 0 Å². The van der Waals surface area contributed by atoms with Crippen LogP contribution >= 0.6 is 24.8 Å². The normalized spacial score (nSPS) is 21.5. The first-order chi connectivity index (χ1) is 9.95. The first kappa shape index (κ1) is 22.2. The van der Waals surface area contributed by atoms with Gasteiger partial charge in [-0.25, -0.2) is 0 Å². The Labute approximate surface area is 152 Å². The fraction of sp³-hybridized carbons (Fsp3) is 0.588. The van der Waals surface area contributed by atoms with Gasteiger partial charge in [0.05, 0.1) is 6.04 Å². The van der Waals surface area contributed by atoms with Gasteiger partial charge in [0, 0.05) is 19.6 Å². The first-order valence-electron chi connectivity index (χ1n) is 7.68. The Morgan fingerprint density at radius 1 is 1.35 bits per heavy atom. The van der Waals surface area contributed by atoms with Crippen molar-refractivity contribution < 1.29 is 4.79 Å². The van der Waals surface area contributed by atoms with Crippen molar-refractivity contribution in [3.05, 3.63) is 35.9 Å². The number of likely N-dealkylation sites (tertiary alicyclic amines) is 1. The molecular formula is C17H29Cl2N3O. The van der Waals surface area contributed by atoms with Gasteiger partial charge in [0.2, 0.25) is 5.91 Å². The molecule has 132 valence electrons. The molecule has 0 aliphatic carbocycles. The van der Waals surface area contributed by atoms with E-state index in [1.165, 1.54) is 5.56 Å². The Bertz CT molecular complexity index is 486. The molecule has 2 atom stereocenters. The lowest BCUT2D eigenvalue weighted by Gasteiger charge is -2.29. The molecule has 1 amide bonds. The Balaban J connectivity index is 0.00000242. The Kier molecular flexibility index (Phi) is 9.14. The molecule has 2 N–H and O–H groups in total. The molecule has 0 aromatic heterocycles. The highest BCUT2D eigenvalue weighted by atomic mass is 35.5. The van der Waals surface area contributed by atoms with E-state index in [4.69, 9.17) is 5.73 Å². The molecule has 0 radical (unpaired) electrons. The minimum Gasteiger partial charge on any atom is -0.341 e. The van der Waals surface area contributed by atoms with Crippen molar-refractivity contribution in [3.63, 3.8) is 0 Å². The van der Waals surface area contributed by atoms with Crippen LogP contribution in [0.5, 0.6) is 0 Å². The molecular weight excluding hydrogens is 333 g/mol. The second kappa shape index (κ2) is 9.48. The van der Waals surface area contributed by atoms with Crippen LogP contribution in [0, 0.1) is 5.41 Å². The number of amides is 1. The second-order valence-corrected chi connectivity index (χ2v) is 6.60. The molecule has 1 saturated heterocycles. The highest BCUT2D eigenvalue weighted by molar-refractivity contribution is 5.85. The third-order valence-electron chi connectivity index (χ3n) is 4.66. The van der Waals surface area contributed by atoms with E-state index in [1.54, 1.807) is 0 Å². The van der Waals surface area contributed by atoms with Crippen LogP contribution in [0.25, 0.3) is 0 Å². The summed E-state index contributed by atoms with van der Waals surface area (Å²) in [4.78, 5) is 16.7. The Hall–Kier alpha value is -0.810. The summed E-state index contributed by atoms with van der Waals surface area (Å²) in [5, 5.41) is 0. The van der Waals surface area contributed by atoms with E-state index < -0.39 is 0 Å². The summed E-state index contributed by atoms with van der Waals surface area (Å²) in [7, 11) is 2.01. The van der Waals surface area contributed by atoms with Crippen LogP contribution in [-0.4, -0.2) is 48.4 Å². The van der Waals surface area contributed by atoms with Gasteiger partial charge >= 0.3 is 0 Å². The van der Waals surface area contributed by atoms with Gasteiger partial charge in [0.15, 0.2) is 0 Å². The topological polar surface area (TPSA) is 49.6 Å². The third-order valence-corrected chi connectivity index (χ3v) is 4.66. The van der Waals surface area contributed by atoms with Crippen LogP contribution in [0.15, 0.2) is 30.3 Å². The van der Waals surface area contributed by atoms with Gasteiger partial charge in [-0.1, -0.05) is 37.3 Å². The van der Waals surface area contributed by atoms with Crippen molar-refractivity contribution in [2.45, 2.75) is 32.9 Å². The largest absolute Gasteiger partial charge is 0.341 e. The summed E-state index contributed by atoms with van der Waals surface area (Å²) in [6, 6.07) is 10.1. The summed E-state index contributed by atoms with van der Waals surface area (Å²) in [6.45, 7) is 7.20. The number of hydrogen-bond donors (Lipinski definition) is 1. The summed E-state index contributed by atoms with van der Waals surface area (Å²) in [6.07, 6.45) is 1.00. The third kappa shape index (κ3) is 5.64. The number of carbonyl (C=O) groups excluding carboxylic acids is 1. The van der Waals surface area contributed by atoms with E-state index in [2.05, 4.69) is 24.0 Å². The molecule has 23 heavy (non-hydrogen) atoms. The lowest BCUT2D eigenvalue weighted by molar-refractivity contribution is -0.135. The van der Waals surface area contributed by atoms with Gasteiger partial charge in [0.1, 0.15) is 0 Å². The number of hydrogen-bond acceptors (Lipinski definition) is 3. The van der Waals surface area contributed by atoms with Crippen molar-refractivity contribution in [1.29, 1.82) is 0 Å². The Morgan fingerprint density at radius 3 is 2.48 bits per heavy atom. The zero-order chi connectivity index (χ0) is 15.5. The van der Waals surface area contributed by atoms with Crippen LogP contribution in [0.4, 0.5) is 0 Å². The maximum absolute atomic E-state index is 12.6. The second-order valence-electron chi connectivity index (χ2n) is 6.60. The van der Waals surface area contributed by atoms with E-state index in [9.17, 15) is 4.79 Å². The van der Waals surface area contributed by atoms with E-state index in [-0.39, 0.29) is 42.2 Å². The summed E-state index contributed by atoms with van der Waals surface area (Å²) in [5.74, 6) is 0.214. The van der Waals surface area contributed by atoms with Crippen molar-refractivity contribution in [2.24, 2.45) is 11.1 Å². The van der Waals surface area contributed by atoms with Gasteiger partial charge < -0.3 is 10.6 Å². The molecule has 0 saturated carbocycles. The SMILES string of the molecule is CC(C(=O)N1CCC(C)(CN)C1)N(C)Cc1ccccc1.Cl.Cl. The predicted molar refractivity (Wildman–Crippen MR) is 100 cm³/mol. The molecule has 1 fully saturated rings.